The molecular formula is C24H27N3O4. The van der Waals surface area contributed by atoms with E-state index in [-0.39, 0.29) is 29.1 Å². The number of pyridine rings is 1. The molecule has 0 saturated carbocycles. The average molecular weight is 421 g/mol. The predicted octanol–water partition coefficient (Wildman–Crippen LogP) is 4.36. The smallest absolute Gasteiger partial charge is 0.343 e. The lowest BCUT2D eigenvalue weighted by molar-refractivity contribution is 0.0524. The van der Waals surface area contributed by atoms with Crippen molar-refractivity contribution < 1.29 is 14.3 Å². The van der Waals surface area contributed by atoms with Gasteiger partial charge in [0.25, 0.3) is 0 Å². The van der Waals surface area contributed by atoms with E-state index in [2.05, 4.69) is 20.8 Å². The first kappa shape index (κ1) is 20.9. The number of hydrogen-bond donors (Lipinski definition) is 0. The fraction of sp³-hybridized carbons (Fsp3) is 0.375. The molecule has 0 unspecified atom stereocenters. The normalized spacial score (nSPS) is 12.2. The number of hydrogen-bond acceptors (Lipinski definition) is 5. The zero-order valence-electron chi connectivity index (χ0n) is 18.7. The zero-order chi connectivity index (χ0) is 22.5. The van der Waals surface area contributed by atoms with E-state index in [1.54, 1.807) is 17.6 Å². The Balaban J connectivity index is 2.15. The van der Waals surface area contributed by atoms with E-state index in [4.69, 9.17) is 14.6 Å². The molecule has 0 amide bonds. The topological polar surface area (TPSA) is 74.3 Å². The first-order valence-electron chi connectivity index (χ1n) is 10.5. The van der Waals surface area contributed by atoms with Crippen LogP contribution in [0.5, 0.6) is 5.75 Å². The first-order valence-corrected chi connectivity index (χ1v) is 10.5. The fourth-order valence-corrected chi connectivity index (χ4v) is 3.81. The van der Waals surface area contributed by atoms with Gasteiger partial charge in [-0.25, -0.2) is 9.31 Å². The van der Waals surface area contributed by atoms with Crippen molar-refractivity contribution in [3.8, 4) is 5.75 Å². The molecule has 7 nitrogen and oxygen atoms in total. The summed E-state index contributed by atoms with van der Waals surface area (Å²) >= 11 is 0. The second-order valence-electron chi connectivity index (χ2n) is 8.90. The number of benzene rings is 1. The van der Waals surface area contributed by atoms with E-state index in [0.717, 1.165) is 22.1 Å². The molecule has 0 aliphatic carbocycles. The highest BCUT2D eigenvalue weighted by Crippen LogP contribution is 2.33. The van der Waals surface area contributed by atoms with Crippen molar-refractivity contribution in [1.29, 1.82) is 0 Å². The molecule has 0 atom stereocenters. The van der Waals surface area contributed by atoms with Gasteiger partial charge >= 0.3 is 5.97 Å². The Morgan fingerprint density at radius 2 is 1.94 bits per heavy atom. The molecule has 3 aromatic heterocycles. The summed E-state index contributed by atoms with van der Waals surface area (Å²) in [7, 11) is 0. The summed E-state index contributed by atoms with van der Waals surface area (Å²) in [5, 5.41) is 5.67. The molecule has 3 heterocycles. The van der Waals surface area contributed by atoms with Crippen LogP contribution in [0.2, 0.25) is 0 Å². The molecule has 7 heteroatoms. The molecule has 4 rings (SSSR count). The summed E-state index contributed by atoms with van der Waals surface area (Å²) in [6, 6.07) is 7.27. The lowest BCUT2D eigenvalue weighted by Gasteiger charge is -2.23. The average Bonchev–Trinajstić information content (AvgIpc) is 3.06. The second-order valence-corrected chi connectivity index (χ2v) is 8.90. The number of aromatic nitrogens is 3. The first-order chi connectivity index (χ1) is 14.6. The van der Waals surface area contributed by atoms with Crippen LogP contribution in [0.25, 0.3) is 21.9 Å². The van der Waals surface area contributed by atoms with Crippen LogP contribution in [0.4, 0.5) is 0 Å². The summed E-state index contributed by atoms with van der Waals surface area (Å²) in [4.78, 5) is 25.2. The standard InChI is InChI=1S/C24H27N3O4/c1-7-30-23(29)16-12-26-17(11-18(16)28)22-15-9-8-10-19(31-14(2)3)21(15)25-27(22)13-20(26)24(4,5)6/h8-14H,7H2,1-6H3. The van der Waals surface area contributed by atoms with Crippen molar-refractivity contribution in [1.82, 2.24) is 14.0 Å². The van der Waals surface area contributed by atoms with Crippen molar-refractivity contribution in [2.45, 2.75) is 53.1 Å². The van der Waals surface area contributed by atoms with Gasteiger partial charge in [0.2, 0.25) is 0 Å². The monoisotopic (exact) mass is 421 g/mol. The molecule has 0 spiro atoms. The van der Waals surface area contributed by atoms with E-state index in [1.807, 2.05) is 42.6 Å². The molecule has 0 aliphatic rings. The number of esters is 1. The van der Waals surface area contributed by atoms with Crippen LogP contribution in [-0.4, -0.2) is 32.7 Å². The lowest BCUT2D eigenvalue weighted by Crippen LogP contribution is -2.23. The molecule has 4 aromatic rings. The van der Waals surface area contributed by atoms with Crippen LogP contribution in [-0.2, 0) is 10.2 Å². The highest BCUT2D eigenvalue weighted by Gasteiger charge is 2.24. The number of carbonyl (C=O) groups excluding carboxylic acids is 1. The minimum Gasteiger partial charge on any atom is -0.489 e. The molecule has 1 aromatic carbocycles. The SMILES string of the molecule is CCOC(=O)c1cn2c(C(C)(C)C)cn3nc4c(OC(C)C)cccc4c3c2cc1=O. The van der Waals surface area contributed by atoms with Gasteiger partial charge in [-0.05, 0) is 26.8 Å². The van der Waals surface area contributed by atoms with Gasteiger partial charge in [0, 0.05) is 35.0 Å². The molecule has 31 heavy (non-hydrogen) atoms. The van der Waals surface area contributed by atoms with E-state index in [9.17, 15) is 9.59 Å². The van der Waals surface area contributed by atoms with Gasteiger partial charge < -0.3 is 13.9 Å². The maximum Gasteiger partial charge on any atom is 0.343 e. The molecule has 0 bridgehead atoms. The Hall–Kier alpha value is -3.35. The lowest BCUT2D eigenvalue weighted by atomic mass is 9.92. The van der Waals surface area contributed by atoms with Crippen LogP contribution in [0.1, 0.15) is 57.6 Å². The van der Waals surface area contributed by atoms with Crippen molar-refractivity contribution >= 4 is 27.9 Å². The highest BCUT2D eigenvalue weighted by atomic mass is 16.5. The van der Waals surface area contributed by atoms with Gasteiger partial charge in [-0.1, -0.05) is 32.9 Å². The Kier molecular flexibility index (Phi) is 5.00. The molecule has 162 valence electrons. The summed E-state index contributed by atoms with van der Waals surface area (Å²) in [6.07, 6.45) is 3.54. The maximum atomic E-state index is 12.9. The third-order valence-corrected chi connectivity index (χ3v) is 5.12. The van der Waals surface area contributed by atoms with Crippen LogP contribution < -0.4 is 10.2 Å². The summed E-state index contributed by atoms with van der Waals surface area (Å²) < 4.78 is 14.8. The number of fused-ring (bicyclic) bond motifs is 5. The van der Waals surface area contributed by atoms with Crippen LogP contribution in [0.3, 0.4) is 0 Å². The molecule has 0 aliphatic heterocycles. The minimum absolute atomic E-state index is 0.00653. The number of rotatable bonds is 4. The highest BCUT2D eigenvalue weighted by molar-refractivity contribution is 6.04. The third kappa shape index (κ3) is 3.54. The van der Waals surface area contributed by atoms with E-state index in [1.165, 1.54) is 6.07 Å². The van der Waals surface area contributed by atoms with Crippen LogP contribution in [0, 0.1) is 0 Å². The van der Waals surface area contributed by atoms with Gasteiger partial charge in [-0.15, -0.1) is 0 Å². The predicted molar refractivity (Wildman–Crippen MR) is 120 cm³/mol. The Bertz CT molecular complexity index is 1370. The Morgan fingerprint density at radius 3 is 2.58 bits per heavy atom. The number of carbonyl (C=O) groups is 1. The molecule has 0 fully saturated rings. The van der Waals surface area contributed by atoms with E-state index >= 15 is 0 Å². The largest absolute Gasteiger partial charge is 0.489 e. The van der Waals surface area contributed by atoms with Crippen molar-refractivity contribution in [2.24, 2.45) is 0 Å². The van der Waals surface area contributed by atoms with Gasteiger partial charge in [-0.3, -0.25) is 4.79 Å². The van der Waals surface area contributed by atoms with Crippen LogP contribution in [0.15, 0.2) is 41.5 Å². The maximum absolute atomic E-state index is 12.9. The zero-order valence-corrected chi connectivity index (χ0v) is 18.7. The summed E-state index contributed by atoms with van der Waals surface area (Å²) in [5.41, 5.74) is 2.45. The molecular weight excluding hydrogens is 394 g/mol. The summed E-state index contributed by atoms with van der Waals surface area (Å²) in [5.74, 6) is 0.0739. The Labute approximate surface area is 180 Å². The quantitative estimate of drug-likeness (QED) is 0.458. The summed E-state index contributed by atoms with van der Waals surface area (Å²) in [6.45, 7) is 12.1. The number of nitrogens with zero attached hydrogens (tertiary/aromatic N) is 3. The van der Waals surface area contributed by atoms with Crippen molar-refractivity contribution in [3.05, 3.63) is 58.1 Å². The molecule has 0 saturated heterocycles. The molecule has 0 radical (unpaired) electrons. The van der Waals surface area contributed by atoms with Gasteiger partial charge in [0.05, 0.1) is 23.7 Å². The van der Waals surface area contributed by atoms with Gasteiger partial charge in [0.1, 0.15) is 16.8 Å². The fourth-order valence-electron chi connectivity index (χ4n) is 3.81. The molecule has 0 N–H and O–H groups in total. The number of ether oxygens (including phenoxy) is 2. The minimum atomic E-state index is -0.618. The van der Waals surface area contributed by atoms with Crippen LogP contribution >= 0.6 is 0 Å². The van der Waals surface area contributed by atoms with Crippen molar-refractivity contribution in [3.63, 3.8) is 0 Å². The third-order valence-electron chi connectivity index (χ3n) is 5.12. The van der Waals surface area contributed by atoms with E-state index < -0.39 is 5.97 Å². The van der Waals surface area contributed by atoms with E-state index in [0.29, 0.717) is 11.3 Å². The van der Waals surface area contributed by atoms with Crippen molar-refractivity contribution in [2.75, 3.05) is 6.61 Å². The Morgan fingerprint density at radius 1 is 1.19 bits per heavy atom. The van der Waals surface area contributed by atoms with Gasteiger partial charge in [-0.2, -0.15) is 5.10 Å². The second kappa shape index (κ2) is 7.41. The van der Waals surface area contributed by atoms with Gasteiger partial charge in [0.15, 0.2) is 5.43 Å².